The Morgan fingerprint density at radius 3 is 1.70 bits per heavy atom. The van der Waals surface area contributed by atoms with Crippen molar-refractivity contribution in [2.75, 3.05) is 6.61 Å². The summed E-state index contributed by atoms with van der Waals surface area (Å²) in [6.45, 7) is 3.43. The van der Waals surface area contributed by atoms with E-state index in [0.717, 1.165) is 0 Å². The molecule has 2 nitrogen and oxygen atoms in total. The summed E-state index contributed by atoms with van der Waals surface area (Å²) in [5, 5.41) is 7.57. The number of aliphatic hydroxyl groups is 1. The lowest BCUT2D eigenvalue weighted by Gasteiger charge is -1.52. The van der Waals surface area contributed by atoms with Crippen molar-refractivity contribution in [1.82, 2.24) is 0 Å². The van der Waals surface area contributed by atoms with Gasteiger partial charge in [0.1, 0.15) is 0 Å². The molecule has 2 radical (unpaired) electrons. The zero-order chi connectivity index (χ0) is 8.24. The maximum atomic E-state index is 7.57. The van der Waals surface area contributed by atoms with E-state index < -0.39 is 0 Å². The molecule has 0 amide bonds. The van der Waals surface area contributed by atoms with E-state index in [2.05, 4.69) is 12.3 Å². The smallest absolute Gasteiger partial charge is 0.0902 e. The molecule has 1 N–H and O–H groups in total. The van der Waals surface area contributed by atoms with Gasteiger partial charge in [-0.15, -0.1) is 0 Å². The van der Waals surface area contributed by atoms with Crippen LogP contribution in [0.25, 0.3) is 0 Å². The van der Waals surface area contributed by atoms with Crippen LogP contribution in [0.3, 0.4) is 0 Å². The molecule has 56 valence electrons. The lowest BCUT2D eigenvalue weighted by molar-refractivity contribution is 0.318. The Morgan fingerprint density at radius 1 is 1.30 bits per heavy atom. The summed E-state index contributed by atoms with van der Waals surface area (Å²) in [7, 11) is 4.50. The fourth-order valence-electron chi connectivity index (χ4n) is 0.227. The van der Waals surface area contributed by atoms with Gasteiger partial charge in [-0.3, -0.25) is 0 Å². The van der Waals surface area contributed by atoms with Crippen LogP contribution >= 0.6 is 0 Å². The molecular formula is C7H13BO2. The SMILES string of the molecule is CCO.[B]C.c1ccoc1. The average molecular weight is 140 g/mol. The highest BCUT2D eigenvalue weighted by molar-refractivity contribution is 6.05. The second-order valence-corrected chi connectivity index (χ2v) is 1.11. The highest BCUT2D eigenvalue weighted by Gasteiger charge is 1.58. The van der Waals surface area contributed by atoms with Gasteiger partial charge < -0.3 is 9.52 Å². The monoisotopic (exact) mass is 140 g/mol. The van der Waals surface area contributed by atoms with E-state index in [0.29, 0.717) is 0 Å². The maximum Gasteiger partial charge on any atom is 0.0902 e. The average Bonchev–Trinajstić information content (AvgIpc) is 2.48. The fraction of sp³-hybridized carbons (Fsp3) is 0.429. The maximum absolute atomic E-state index is 7.57. The molecule has 0 aliphatic rings. The molecule has 0 saturated carbocycles. The minimum absolute atomic E-state index is 0.250. The van der Waals surface area contributed by atoms with Crippen LogP contribution in [-0.2, 0) is 0 Å². The van der Waals surface area contributed by atoms with Crippen LogP contribution in [0.5, 0.6) is 0 Å². The molecule has 0 unspecified atom stereocenters. The third kappa shape index (κ3) is 15.7. The molecule has 0 atom stereocenters. The molecule has 0 fully saturated rings. The number of furan rings is 1. The molecule has 3 heteroatoms. The van der Waals surface area contributed by atoms with Gasteiger partial charge in [-0.1, -0.05) is 6.82 Å². The molecular weight excluding hydrogens is 127 g/mol. The highest BCUT2D eigenvalue weighted by Crippen LogP contribution is 1.79. The van der Waals surface area contributed by atoms with Crippen molar-refractivity contribution in [1.29, 1.82) is 0 Å². The Balaban J connectivity index is 0. The summed E-state index contributed by atoms with van der Waals surface area (Å²) in [6.07, 6.45) is 3.25. The van der Waals surface area contributed by atoms with Crippen LogP contribution in [0.4, 0.5) is 0 Å². The lowest BCUT2D eigenvalue weighted by atomic mass is 10.2. The van der Waals surface area contributed by atoms with Gasteiger partial charge in [-0.25, -0.2) is 0 Å². The highest BCUT2D eigenvalue weighted by atomic mass is 16.3. The minimum atomic E-state index is 0.250. The van der Waals surface area contributed by atoms with E-state index in [-0.39, 0.29) is 6.61 Å². The lowest BCUT2D eigenvalue weighted by Crippen LogP contribution is -1.57. The first-order chi connectivity index (χ1) is 4.91. The molecule has 0 bridgehead atoms. The molecule has 0 aliphatic heterocycles. The summed E-state index contributed by atoms with van der Waals surface area (Å²) < 4.78 is 4.58. The second-order valence-electron chi connectivity index (χ2n) is 1.11. The summed E-state index contributed by atoms with van der Waals surface area (Å²) in [5.41, 5.74) is 0. The molecule has 1 rings (SSSR count). The summed E-state index contributed by atoms with van der Waals surface area (Å²) >= 11 is 0. The van der Waals surface area contributed by atoms with Gasteiger partial charge in [0.25, 0.3) is 0 Å². The van der Waals surface area contributed by atoms with Crippen LogP contribution < -0.4 is 0 Å². The van der Waals surface area contributed by atoms with Crippen LogP contribution in [0.2, 0.25) is 6.82 Å². The minimum Gasteiger partial charge on any atom is -0.473 e. The van der Waals surface area contributed by atoms with Crippen molar-refractivity contribution in [3.63, 3.8) is 0 Å². The zero-order valence-electron chi connectivity index (χ0n) is 6.45. The van der Waals surface area contributed by atoms with Crippen molar-refractivity contribution >= 4 is 7.85 Å². The van der Waals surface area contributed by atoms with Crippen molar-refractivity contribution in [3.05, 3.63) is 24.7 Å². The third-order valence-electron chi connectivity index (χ3n) is 0.425. The van der Waals surface area contributed by atoms with Gasteiger partial charge in [0.05, 0.1) is 20.4 Å². The van der Waals surface area contributed by atoms with Gasteiger partial charge in [0.2, 0.25) is 0 Å². The predicted octanol–water partition coefficient (Wildman–Crippen LogP) is 1.48. The Hall–Kier alpha value is -0.695. The van der Waals surface area contributed by atoms with Crippen molar-refractivity contribution in [2.24, 2.45) is 0 Å². The van der Waals surface area contributed by atoms with Gasteiger partial charge in [-0.05, 0) is 19.1 Å². The fourth-order valence-corrected chi connectivity index (χ4v) is 0.227. The van der Waals surface area contributed by atoms with Crippen LogP contribution in [0, 0.1) is 0 Å². The summed E-state index contributed by atoms with van der Waals surface area (Å²) in [5.74, 6) is 0. The number of hydrogen-bond acceptors (Lipinski definition) is 2. The normalized spacial score (nSPS) is 6.30. The van der Waals surface area contributed by atoms with Gasteiger partial charge in [0.15, 0.2) is 0 Å². The zero-order valence-corrected chi connectivity index (χ0v) is 6.45. The van der Waals surface area contributed by atoms with Gasteiger partial charge in [-0.2, -0.15) is 0 Å². The van der Waals surface area contributed by atoms with Crippen molar-refractivity contribution in [2.45, 2.75) is 13.7 Å². The Morgan fingerprint density at radius 2 is 1.60 bits per heavy atom. The quantitative estimate of drug-likeness (QED) is 0.553. The van der Waals surface area contributed by atoms with Gasteiger partial charge in [0, 0.05) is 6.61 Å². The Bertz CT molecular complexity index is 78.5. The molecule has 0 saturated heterocycles. The van der Waals surface area contributed by atoms with Crippen LogP contribution in [0.1, 0.15) is 6.92 Å². The first-order valence-electron chi connectivity index (χ1n) is 3.07. The number of aliphatic hydroxyl groups excluding tert-OH is 1. The van der Waals surface area contributed by atoms with Gasteiger partial charge >= 0.3 is 0 Å². The topological polar surface area (TPSA) is 33.4 Å². The molecule has 1 heterocycles. The molecule has 0 spiro atoms. The standard InChI is InChI=1S/C4H4O.C2H6O.CH3B/c1-2-4-5-3-1;1-2-3;1-2/h1-4H;3H,2H2,1H3;1H3. The molecule has 10 heavy (non-hydrogen) atoms. The number of hydrogen-bond donors (Lipinski definition) is 1. The van der Waals surface area contributed by atoms with Crippen molar-refractivity contribution < 1.29 is 9.52 Å². The molecule has 1 aromatic heterocycles. The van der Waals surface area contributed by atoms with E-state index in [1.807, 2.05) is 12.1 Å². The van der Waals surface area contributed by atoms with Crippen LogP contribution in [0.15, 0.2) is 29.1 Å². The molecule has 0 aliphatic carbocycles. The third-order valence-corrected chi connectivity index (χ3v) is 0.425. The van der Waals surface area contributed by atoms with E-state index >= 15 is 0 Å². The van der Waals surface area contributed by atoms with Crippen molar-refractivity contribution in [3.8, 4) is 0 Å². The van der Waals surface area contributed by atoms with E-state index in [1.54, 1.807) is 19.5 Å². The van der Waals surface area contributed by atoms with E-state index in [9.17, 15) is 0 Å². The number of rotatable bonds is 0. The molecule has 1 aromatic rings. The Labute approximate surface area is 63.3 Å². The van der Waals surface area contributed by atoms with E-state index in [1.165, 1.54) is 6.82 Å². The molecule has 0 aromatic carbocycles. The largest absolute Gasteiger partial charge is 0.473 e. The Kier molecular flexibility index (Phi) is 18.9. The van der Waals surface area contributed by atoms with Crippen LogP contribution in [-0.4, -0.2) is 19.6 Å². The summed E-state index contributed by atoms with van der Waals surface area (Å²) in [6, 6.07) is 3.67. The first-order valence-corrected chi connectivity index (χ1v) is 3.07. The first kappa shape index (κ1) is 12.0. The second kappa shape index (κ2) is 15.7. The summed E-state index contributed by atoms with van der Waals surface area (Å²) in [4.78, 5) is 0. The van der Waals surface area contributed by atoms with E-state index in [4.69, 9.17) is 5.11 Å². The predicted molar refractivity (Wildman–Crippen MR) is 43.1 cm³/mol.